The van der Waals surface area contributed by atoms with E-state index in [-0.39, 0.29) is 5.54 Å². The molecule has 0 saturated carbocycles. The Bertz CT molecular complexity index is 77.0. The maximum absolute atomic E-state index is 5.88. The van der Waals surface area contributed by atoms with Crippen molar-refractivity contribution in [2.24, 2.45) is 5.73 Å². The Kier molecular flexibility index (Phi) is 3.15. The zero-order chi connectivity index (χ0) is 7.49. The number of nitrogens with zero attached hydrogens (tertiary/aromatic N) is 1. The highest BCUT2D eigenvalue weighted by Crippen LogP contribution is 2.04. The molecular weight excluding hydrogens is 112 g/mol. The largest absolute Gasteiger partial charge is 0.324 e. The van der Waals surface area contributed by atoms with Crippen molar-refractivity contribution in [1.29, 1.82) is 0 Å². The Morgan fingerprint density at radius 1 is 1.44 bits per heavy atom. The number of nitrogens with two attached hydrogens (primary N) is 1. The number of rotatable bonds is 3. The molecular formula is C7H18N2. The molecule has 0 saturated heterocycles. The van der Waals surface area contributed by atoms with Gasteiger partial charge < -0.3 is 10.6 Å². The summed E-state index contributed by atoms with van der Waals surface area (Å²) in [5, 5.41) is 0. The summed E-state index contributed by atoms with van der Waals surface area (Å²) < 4.78 is 0. The van der Waals surface area contributed by atoms with E-state index >= 15 is 0 Å². The van der Waals surface area contributed by atoms with E-state index in [4.69, 9.17) is 5.73 Å². The number of hydrogen-bond donors (Lipinski definition) is 1. The van der Waals surface area contributed by atoms with Crippen LogP contribution in [0.15, 0.2) is 0 Å². The van der Waals surface area contributed by atoms with Crippen LogP contribution in [0, 0.1) is 0 Å². The molecule has 0 radical (unpaired) electrons. The molecule has 0 heterocycles. The normalized spacial score (nSPS) is 18.0. The van der Waals surface area contributed by atoms with Crippen LogP contribution in [0.25, 0.3) is 0 Å². The average Bonchev–Trinajstić information content (AvgIpc) is 1.63. The maximum Gasteiger partial charge on any atom is 0.0251 e. The van der Waals surface area contributed by atoms with Gasteiger partial charge in [0.25, 0.3) is 0 Å². The molecule has 2 heteroatoms. The summed E-state index contributed by atoms with van der Waals surface area (Å²) in [6.07, 6.45) is 1.03. The molecule has 0 spiro atoms. The van der Waals surface area contributed by atoms with E-state index in [0.29, 0.717) is 0 Å². The van der Waals surface area contributed by atoms with Crippen LogP contribution in [-0.2, 0) is 0 Å². The van der Waals surface area contributed by atoms with Crippen LogP contribution < -0.4 is 5.73 Å². The van der Waals surface area contributed by atoms with E-state index in [1.165, 1.54) is 0 Å². The lowest BCUT2D eigenvalue weighted by atomic mass is 10.0. The van der Waals surface area contributed by atoms with Crippen molar-refractivity contribution in [3.05, 3.63) is 0 Å². The van der Waals surface area contributed by atoms with Gasteiger partial charge in [0, 0.05) is 12.1 Å². The highest BCUT2D eigenvalue weighted by molar-refractivity contribution is 4.78. The zero-order valence-electron chi connectivity index (χ0n) is 6.94. The fourth-order valence-electron chi connectivity index (χ4n) is 0.834. The molecule has 1 unspecified atom stereocenters. The van der Waals surface area contributed by atoms with E-state index in [1.807, 2.05) is 14.1 Å². The van der Waals surface area contributed by atoms with Gasteiger partial charge in [0.2, 0.25) is 0 Å². The molecule has 0 aliphatic heterocycles. The molecule has 0 aromatic heterocycles. The van der Waals surface area contributed by atoms with Gasteiger partial charge in [0.05, 0.1) is 0 Å². The summed E-state index contributed by atoms with van der Waals surface area (Å²) in [6, 6.07) is 0. The van der Waals surface area contributed by atoms with Crippen LogP contribution in [0.4, 0.5) is 0 Å². The molecule has 56 valence electrons. The highest BCUT2D eigenvalue weighted by atomic mass is 15.1. The van der Waals surface area contributed by atoms with Crippen molar-refractivity contribution in [2.45, 2.75) is 25.8 Å². The summed E-state index contributed by atoms with van der Waals surface area (Å²) in [4.78, 5) is 2.11. The average molecular weight is 130 g/mol. The highest BCUT2D eigenvalue weighted by Gasteiger charge is 2.15. The lowest BCUT2D eigenvalue weighted by molar-refractivity contribution is 0.293. The minimum atomic E-state index is -0.0104. The predicted molar refractivity (Wildman–Crippen MR) is 41.4 cm³/mol. The van der Waals surface area contributed by atoms with Crippen molar-refractivity contribution in [1.82, 2.24) is 4.90 Å². The molecule has 1 atom stereocenters. The number of likely N-dealkylation sites (N-methyl/N-ethyl adjacent to an activating group) is 1. The van der Waals surface area contributed by atoms with Crippen LogP contribution in [-0.4, -0.2) is 31.1 Å². The first kappa shape index (κ1) is 8.92. The first-order valence-electron chi connectivity index (χ1n) is 3.41. The van der Waals surface area contributed by atoms with Crippen LogP contribution in [0.2, 0.25) is 0 Å². The summed E-state index contributed by atoms with van der Waals surface area (Å²) in [7, 11) is 4.08. The van der Waals surface area contributed by atoms with Crippen molar-refractivity contribution in [3.8, 4) is 0 Å². The summed E-state index contributed by atoms with van der Waals surface area (Å²) in [6.45, 7) is 5.15. The van der Waals surface area contributed by atoms with Gasteiger partial charge in [-0.2, -0.15) is 0 Å². The Labute approximate surface area is 58.0 Å². The third kappa shape index (κ3) is 4.43. The van der Waals surface area contributed by atoms with E-state index in [0.717, 1.165) is 13.0 Å². The van der Waals surface area contributed by atoms with Crippen molar-refractivity contribution >= 4 is 0 Å². The predicted octanol–water partition coefficient (Wildman–Crippen LogP) is 0.675. The molecule has 9 heavy (non-hydrogen) atoms. The monoisotopic (exact) mass is 130 g/mol. The van der Waals surface area contributed by atoms with Crippen molar-refractivity contribution < 1.29 is 0 Å². The second kappa shape index (κ2) is 3.18. The standard InChI is InChI=1S/C7H18N2/c1-5-7(2,8)6-9(3)4/h5-6,8H2,1-4H3. The number of hydrogen-bond acceptors (Lipinski definition) is 2. The van der Waals surface area contributed by atoms with Gasteiger partial charge in [-0.1, -0.05) is 6.92 Å². The lowest BCUT2D eigenvalue weighted by Gasteiger charge is -2.26. The second-order valence-electron chi connectivity index (χ2n) is 3.25. The molecule has 0 aromatic carbocycles. The van der Waals surface area contributed by atoms with E-state index in [2.05, 4.69) is 18.7 Å². The lowest BCUT2D eigenvalue weighted by Crippen LogP contribution is -2.44. The third-order valence-corrected chi connectivity index (χ3v) is 1.49. The summed E-state index contributed by atoms with van der Waals surface area (Å²) >= 11 is 0. The molecule has 0 bridgehead atoms. The van der Waals surface area contributed by atoms with E-state index in [9.17, 15) is 0 Å². The Hall–Kier alpha value is -0.0800. The Morgan fingerprint density at radius 3 is 2.00 bits per heavy atom. The van der Waals surface area contributed by atoms with Crippen LogP contribution in [0.5, 0.6) is 0 Å². The van der Waals surface area contributed by atoms with Gasteiger partial charge in [0.1, 0.15) is 0 Å². The van der Waals surface area contributed by atoms with Gasteiger partial charge >= 0.3 is 0 Å². The molecule has 0 fully saturated rings. The molecule has 0 amide bonds. The summed E-state index contributed by atoms with van der Waals surface area (Å²) in [5.41, 5.74) is 5.86. The minimum Gasteiger partial charge on any atom is -0.324 e. The maximum atomic E-state index is 5.88. The molecule has 0 rings (SSSR count). The Morgan fingerprint density at radius 2 is 1.89 bits per heavy atom. The van der Waals surface area contributed by atoms with E-state index < -0.39 is 0 Å². The smallest absolute Gasteiger partial charge is 0.0251 e. The minimum absolute atomic E-state index is 0.0104. The van der Waals surface area contributed by atoms with Gasteiger partial charge in [0.15, 0.2) is 0 Å². The van der Waals surface area contributed by atoms with E-state index in [1.54, 1.807) is 0 Å². The fourth-order valence-corrected chi connectivity index (χ4v) is 0.834. The van der Waals surface area contributed by atoms with Crippen molar-refractivity contribution in [2.75, 3.05) is 20.6 Å². The first-order chi connectivity index (χ1) is 3.98. The first-order valence-corrected chi connectivity index (χ1v) is 3.41. The molecule has 0 aliphatic rings. The topological polar surface area (TPSA) is 29.3 Å². The second-order valence-corrected chi connectivity index (χ2v) is 3.25. The molecule has 0 aliphatic carbocycles. The van der Waals surface area contributed by atoms with Crippen LogP contribution in [0.1, 0.15) is 20.3 Å². The molecule has 2 nitrogen and oxygen atoms in total. The van der Waals surface area contributed by atoms with Crippen molar-refractivity contribution in [3.63, 3.8) is 0 Å². The summed E-state index contributed by atoms with van der Waals surface area (Å²) in [5.74, 6) is 0. The molecule has 0 aromatic rings. The quantitative estimate of drug-likeness (QED) is 0.608. The van der Waals surface area contributed by atoms with Gasteiger partial charge in [-0.3, -0.25) is 0 Å². The third-order valence-electron chi connectivity index (χ3n) is 1.49. The van der Waals surface area contributed by atoms with Gasteiger partial charge in [-0.15, -0.1) is 0 Å². The molecule has 2 N–H and O–H groups in total. The van der Waals surface area contributed by atoms with Gasteiger partial charge in [-0.25, -0.2) is 0 Å². The SMILES string of the molecule is CCC(C)(N)CN(C)C. The zero-order valence-corrected chi connectivity index (χ0v) is 6.94. The fraction of sp³-hybridized carbons (Fsp3) is 1.00. The van der Waals surface area contributed by atoms with Crippen LogP contribution in [0.3, 0.4) is 0 Å². The van der Waals surface area contributed by atoms with Gasteiger partial charge in [-0.05, 0) is 27.4 Å². The Balaban J connectivity index is 3.58. The van der Waals surface area contributed by atoms with Crippen LogP contribution >= 0.6 is 0 Å².